The van der Waals surface area contributed by atoms with Crippen LogP contribution in [0, 0.1) is 0 Å². The average molecular weight is 178 g/mol. The van der Waals surface area contributed by atoms with Crippen LogP contribution >= 0.6 is 11.6 Å². The van der Waals surface area contributed by atoms with E-state index in [2.05, 4.69) is 16.6 Å². The van der Waals surface area contributed by atoms with Crippen LogP contribution in [0.4, 0.5) is 0 Å². The lowest BCUT2D eigenvalue weighted by Gasteiger charge is -1.82. The van der Waals surface area contributed by atoms with Gasteiger partial charge in [-0.1, -0.05) is 18.2 Å². The molecule has 2 unspecified atom stereocenters. The predicted octanol–water partition coefficient (Wildman–Crippen LogP) is 0.888. The molecular weight excluding hydrogens is 166 g/mol. The van der Waals surface area contributed by atoms with Gasteiger partial charge >= 0.3 is 0 Å². The number of rotatable bonds is 1. The summed E-state index contributed by atoms with van der Waals surface area (Å²) >= 11 is 5.31. The number of halogens is 1. The van der Waals surface area contributed by atoms with E-state index in [9.17, 15) is 4.79 Å². The number of alkyl halides is 1. The van der Waals surface area contributed by atoms with Gasteiger partial charge in [0.1, 0.15) is 0 Å². The number of likely N-dealkylation sites (N-methyl/N-ethyl adjacent to an activating group) is 1. The summed E-state index contributed by atoms with van der Waals surface area (Å²) in [7, 11) is 1.56. The predicted molar refractivity (Wildman–Crippen MR) is 44.5 cm³/mol. The molecule has 1 aliphatic rings. The van der Waals surface area contributed by atoms with Crippen LogP contribution in [0.3, 0.4) is 0 Å². The topological polar surface area (TPSA) is 41.6 Å². The van der Waals surface area contributed by atoms with Crippen molar-refractivity contribution in [3.63, 3.8) is 0 Å². The molecule has 0 aliphatic carbocycles. The second kappa shape index (κ2) is 5.16. The van der Waals surface area contributed by atoms with E-state index in [-0.39, 0.29) is 11.5 Å². The molecule has 3 nitrogen and oxygen atoms in total. The first-order valence-corrected chi connectivity index (χ1v) is 3.69. The van der Waals surface area contributed by atoms with Gasteiger partial charge in [0.25, 0.3) is 0 Å². The standard InChI is InChI=1S/C4H7NO.C3H5ClO/c1-3-4(6)5-2;1-2-3(4)5-2/h3H,1H2,2H3,(H,5,6);2-3H,1H3. The third-order valence-electron chi connectivity index (χ3n) is 1.07. The van der Waals surface area contributed by atoms with Gasteiger partial charge in [-0.05, 0) is 13.0 Å². The van der Waals surface area contributed by atoms with Crippen molar-refractivity contribution in [2.75, 3.05) is 7.05 Å². The molecule has 0 aromatic carbocycles. The van der Waals surface area contributed by atoms with Gasteiger partial charge in [-0.15, -0.1) is 0 Å². The first-order valence-electron chi connectivity index (χ1n) is 3.25. The first kappa shape index (κ1) is 10.5. The molecule has 0 saturated carbocycles. The molecule has 1 fully saturated rings. The summed E-state index contributed by atoms with van der Waals surface area (Å²) in [4.78, 5) is 9.95. The van der Waals surface area contributed by atoms with Crippen molar-refractivity contribution in [1.29, 1.82) is 0 Å². The molecule has 1 aliphatic heterocycles. The Morgan fingerprint density at radius 1 is 1.82 bits per heavy atom. The van der Waals surface area contributed by atoms with E-state index in [1.165, 1.54) is 6.08 Å². The fourth-order valence-electron chi connectivity index (χ4n) is 0.262. The van der Waals surface area contributed by atoms with Crippen molar-refractivity contribution >= 4 is 17.5 Å². The van der Waals surface area contributed by atoms with E-state index in [1.54, 1.807) is 7.05 Å². The highest BCUT2D eigenvalue weighted by Gasteiger charge is 2.30. The van der Waals surface area contributed by atoms with Crippen molar-refractivity contribution in [2.24, 2.45) is 0 Å². The summed E-state index contributed by atoms with van der Waals surface area (Å²) in [5.41, 5.74) is 0.0231. The molecule has 1 N–H and O–H groups in total. The molecule has 0 aromatic heterocycles. The largest absolute Gasteiger partial charge is 0.356 e. The monoisotopic (exact) mass is 177 g/mol. The molecule has 11 heavy (non-hydrogen) atoms. The van der Waals surface area contributed by atoms with Gasteiger partial charge in [0.2, 0.25) is 5.91 Å². The van der Waals surface area contributed by atoms with Gasteiger partial charge < -0.3 is 10.1 Å². The molecule has 0 spiro atoms. The number of ether oxygens (including phenoxy) is 1. The lowest BCUT2D eigenvalue weighted by molar-refractivity contribution is -0.116. The lowest BCUT2D eigenvalue weighted by atomic mass is 10.6. The summed E-state index contributed by atoms with van der Waals surface area (Å²) in [5, 5.41) is 2.36. The normalized spacial score (nSPS) is 26.1. The fourth-order valence-corrected chi connectivity index (χ4v) is 0.424. The summed E-state index contributed by atoms with van der Waals surface area (Å²) in [6, 6.07) is 0. The van der Waals surface area contributed by atoms with E-state index >= 15 is 0 Å². The molecule has 0 aromatic rings. The van der Waals surface area contributed by atoms with Crippen LogP contribution in [0.15, 0.2) is 12.7 Å². The van der Waals surface area contributed by atoms with Crippen LogP contribution in [0.2, 0.25) is 0 Å². The SMILES string of the molecule is C=CC(=O)NC.CC1OC1Cl. The summed E-state index contributed by atoms with van der Waals surface area (Å²) in [6.07, 6.45) is 1.54. The number of carbonyl (C=O) groups excluding carboxylic acids is 1. The third-order valence-corrected chi connectivity index (χ3v) is 1.53. The molecule has 4 heteroatoms. The minimum absolute atomic E-state index is 0.0231. The number of epoxide rings is 1. The maximum Gasteiger partial charge on any atom is 0.243 e. The van der Waals surface area contributed by atoms with Crippen LogP contribution in [-0.2, 0) is 9.53 Å². The van der Waals surface area contributed by atoms with Crippen molar-refractivity contribution in [3.05, 3.63) is 12.7 Å². The molecule has 1 saturated heterocycles. The van der Waals surface area contributed by atoms with Gasteiger partial charge in [0, 0.05) is 7.05 Å². The van der Waals surface area contributed by atoms with E-state index in [0.29, 0.717) is 6.10 Å². The maximum atomic E-state index is 9.95. The number of carbonyl (C=O) groups is 1. The Bertz CT molecular complexity index is 143. The Hall–Kier alpha value is -0.540. The van der Waals surface area contributed by atoms with E-state index < -0.39 is 0 Å². The summed E-state index contributed by atoms with van der Waals surface area (Å²) in [5.74, 6) is -0.144. The van der Waals surface area contributed by atoms with Crippen molar-refractivity contribution in [2.45, 2.75) is 18.6 Å². The third kappa shape index (κ3) is 5.88. The Kier molecular flexibility index (Phi) is 4.90. The number of hydrogen-bond donors (Lipinski definition) is 1. The Balaban J connectivity index is 0.000000183. The average Bonchev–Trinajstić information content (AvgIpc) is 2.64. The van der Waals surface area contributed by atoms with E-state index in [4.69, 9.17) is 11.6 Å². The van der Waals surface area contributed by atoms with E-state index in [0.717, 1.165) is 0 Å². The minimum Gasteiger partial charge on any atom is -0.356 e. The molecule has 1 heterocycles. The second-order valence-corrected chi connectivity index (χ2v) is 2.44. The molecule has 1 rings (SSSR count). The fraction of sp³-hybridized carbons (Fsp3) is 0.571. The molecule has 0 bridgehead atoms. The summed E-state index contributed by atoms with van der Waals surface area (Å²) in [6.45, 7) is 5.16. The minimum atomic E-state index is -0.144. The van der Waals surface area contributed by atoms with E-state index in [1.807, 2.05) is 6.92 Å². The van der Waals surface area contributed by atoms with Crippen LogP contribution in [-0.4, -0.2) is 24.6 Å². The highest BCUT2D eigenvalue weighted by molar-refractivity contribution is 6.21. The Morgan fingerprint density at radius 3 is 2.18 bits per heavy atom. The highest BCUT2D eigenvalue weighted by atomic mass is 35.5. The van der Waals surface area contributed by atoms with Crippen molar-refractivity contribution in [1.82, 2.24) is 5.32 Å². The summed E-state index contributed by atoms with van der Waals surface area (Å²) < 4.78 is 4.68. The van der Waals surface area contributed by atoms with Gasteiger partial charge in [-0.25, -0.2) is 0 Å². The zero-order valence-electron chi connectivity index (χ0n) is 6.63. The number of amides is 1. The van der Waals surface area contributed by atoms with Gasteiger partial charge in [-0.3, -0.25) is 4.79 Å². The van der Waals surface area contributed by atoms with Crippen LogP contribution < -0.4 is 5.32 Å². The molecular formula is C7H12ClNO2. The Labute approximate surface area is 71.4 Å². The number of nitrogens with one attached hydrogen (secondary N) is 1. The zero-order valence-corrected chi connectivity index (χ0v) is 7.39. The van der Waals surface area contributed by atoms with Crippen LogP contribution in [0.25, 0.3) is 0 Å². The maximum absolute atomic E-state index is 9.95. The number of hydrogen-bond acceptors (Lipinski definition) is 2. The lowest BCUT2D eigenvalue weighted by Crippen LogP contribution is -2.13. The van der Waals surface area contributed by atoms with Crippen LogP contribution in [0.1, 0.15) is 6.92 Å². The van der Waals surface area contributed by atoms with Crippen molar-refractivity contribution in [3.8, 4) is 0 Å². The van der Waals surface area contributed by atoms with Gasteiger partial charge in [0.15, 0.2) is 5.56 Å². The zero-order chi connectivity index (χ0) is 8.85. The molecule has 2 atom stereocenters. The smallest absolute Gasteiger partial charge is 0.243 e. The van der Waals surface area contributed by atoms with Crippen molar-refractivity contribution < 1.29 is 9.53 Å². The quantitative estimate of drug-likeness (QED) is 0.367. The molecule has 64 valence electrons. The van der Waals surface area contributed by atoms with Gasteiger partial charge in [-0.2, -0.15) is 0 Å². The molecule has 1 amide bonds. The Morgan fingerprint density at radius 2 is 2.18 bits per heavy atom. The van der Waals surface area contributed by atoms with Crippen LogP contribution in [0.5, 0.6) is 0 Å². The first-order chi connectivity index (χ1) is 5.11. The molecule has 0 radical (unpaired) electrons. The highest BCUT2D eigenvalue weighted by Crippen LogP contribution is 2.23. The van der Waals surface area contributed by atoms with Gasteiger partial charge in [0.05, 0.1) is 6.10 Å². The second-order valence-electron chi connectivity index (χ2n) is 2.01.